The Morgan fingerprint density at radius 1 is 0.833 bits per heavy atom. The lowest BCUT2D eigenvalue weighted by Crippen LogP contribution is -2.51. The summed E-state index contributed by atoms with van der Waals surface area (Å²) in [6.45, 7) is 7.71. The predicted molar refractivity (Wildman–Crippen MR) is 94.5 cm³/mol. The van der Waals surface area contributed by atoms with Crippen molar-refractivity contribution < 1.29 is 8.42 Å². The molecular weight excluding hydrogens is 322 g/mol. The Bertz CT molecular complexity index is 677. The van der Waals surface area contributed by atoms with E-state index in [9.17, 15) is 8.42 Å². The van der Waals surface area contributed by atoms with Crippen LogP contribution in [-0.2, 0) is 10.0 Å². The number of hydrogen-bond donors (Lipinski definition) is 0. The molecule has 24 heavy (non-hydrogen) atoms. The van der Waals surface area contributed by atoms with Crippen LogP contribution in [0.15, 0.2) is 29.2 Å². The van der Waals surface area contributed by atoms with Gasteiger partial charge >= 0.3 is 0 Å². The summed E-state index contributed by atoms with van der Waals surface area (Å²) in [6.07, 6.45) is 3.69. The summed E-state index contributed by atoms with van der Waals surface area (Å²) in [5, 5.41) is 0. The minimum absolute atomic E-state index is 0.381. The summed E-state index contributed by atoms with van der Waals surface area (Å²) in [4.78, 5) is 5.53. The van der Waals surface area contributed by atoms with Crippen LogP contribution in [-0.4, -0.2) is 73.9 Å². The molecule has 2 heterocycles. The van der Waals surface area contributed by atoms with Crippen LogP contribution in [0.25, 0.3) is 0 Å². The van der Waals surface area contributed by atoms with Gasteiger partial charge in [0.25, 0.3) is 0 Å². The normalized spacial score (nSPS) is 27.6. The van der Waals surface area contributed by atoms with Crippen molar-refractivity contribution in [2.45, 2.75) is 43.2 Å². The zero-order valence-corrected chi connectivity index (χ0v) is 15.2. The molecule has 0 amide bonds. The Hall–Kier alpha value is -0.950. The Kier molecular flexibility index (Phi) is 4.41. The third kappa shape index (κ3) is 3.25. The van der Waals surface area contributed by atoms with Crippen molar-refractivity contribution in [1.29, 1.82) is 0 Å². The molecular formula is C18H27N3O2S. The van der Waals surface area contributed by atoms with Crippen molar-refractivity contribution >= 4 is 10.0 Å². The van der Waals surface area contributed by atoms with E-state index in [2.05, 4.69) is 9.80 Å². The molecule has 1 unspecified atom stereocenters. The average molecular weight is 350 g/mol. The van der Waals surface area contributed by atoms with E-state index in [1.807, 2.05) is 19.1 Å². The molecule has 1 aromatic rings. The number of nitrogens with zero attached hydrogens (tertiary/aromatic N) is 3. The first-order valence-corrected chi connectivity index (χ1v) is 10.5. The summed E-state index contributed by atoms with van der Waals surface area (Å²) in [5.74, 6) is 0. The average Bonchev–Trinajstić information content (AvgIpc) is 3.31. The third-order valence-corrected chi connectivity index (χ3v) is 7.59. The van der Waals surface area contributed by atoms with Gasteiger partial charge in [-0.15, -0.1) is 0 Å². The summed E-state index contributed by atoms with van der Waals surface area (Å²) in [5.41, 5.74) is 1.08. The number of rotatable bonds is 4. The van der Waals surface area contributed by atoms with Crippen LogP contribution < -0.4 is 0 Å². The van der Waals surface area contributed by atoms with Crippen LogP contribution in [0.2, 0.25) is 0 Å². The Labute approximate surface area is 145 Å². The minimum Gasteiger partial charge on any atom is -0.298 e. The number of hydrogen-bond acceptors (Lipinski definition) is 4. The SMILES string of the molecule is Cc1ccc(S(=O)(=O)N2CCC(N3CCN(C4CC4)CC3)C2)cc1. The second-order valence-electron chi connectivity index (χ2n) is 7.42. The lowest BCUT2D eigenvalue weighted by molar-refractivity contribution is 0.0959. The van der Waals surface area contributed by atoms with Gasteiger partial charge in [0.15, 0.2) is 0 Å². The van der Waals surface area contributed by atoms with Crippen LogP contribution in [0.3, 0.4) is 0 Å². The third-order valence-electron chi connectivity index (χ3n) is 5.71. The fourth-order valence-electron chi connectivity index (χ4n) is 3.99. The van der Waals surface area contributed by atoms with Gasteiger partial charge in [0.2, 0.25) is 10.0 Å². The summed E-state index contributed by atoms with van der Waals surface area (Å²) in [6, 6.07) is 8.43. The standard InChI is InChI=1S/C18H27N3O2S/c1-15-2-6-18(7-3-15)24(22,23)21-9-8-17(14-21)20-12-10-19(11-13-20)16-4-5-16/h2-3,6-7,16-17H,4-5,8-14H2,1H3. The zero-order chi connectivity index (χ0) is 16.7. The van der Waals surface area contributed by atoms with Crippen LogP contribution >= 0.6 is 0 Å². The summed E-state index contributed by atoms with van der Waals surface area (Å²) in [7, 11) is -3.35. The number of benzene rings is 1. The lowest BCUT2D eigenvalue weighted by atomic mass is 10.2. The largest absolute Gasteiger partial charge is 0.298 e. The van der Waals surface area contributed by atoms with E-state index in [1.165, 1.54) is 12.8 Å². The van der Waals surface area contributed by atoms with Crippen molar-refractivity contribution in [1.82, 2.24) is 14.1 Å². The van der Waals surface area contributed by atoms with Crippen molar-refractivity contribution in [2.24, 2.45) is 0 Å². The molecule has 1 aliphatic carbocycles. The van der Waals surface area contributed by atoms with Gasteiger partial charge in [-0.05, 0) is 38.3 Å². The highest BCUT2D eigenvalue weighted by molar-refractivity contribution is 7.89. The van der Waals surface area contributed by atoms with Crippen molar-refractivity contribution in [3.05, 3.63) is 29.8 Å². The number of aryl methyl sites for hydroxylation is 1. The predicted octanol–water partition coefficient (Wildman–Crippen LogP) is 1.54. The van der Waals surface area contributed by atoms with E-state index in [0.717, 1.165) is 44.2 Å². The smallest absolute Gasteiger partial charge is 0.243 e. The first kappa shape index (κ1) is 16.5. The molecule has 4 rings (SSSR count). The van der Waals surface area contributed by atoms with E-state index in [1.54, 1.807) is 16.4 Å². The van der Waals surface area contributed by atoms with Gasteiger partial charge in [0.05, 0.1) is 4.90 Å². The van der Waals surface area contributed by atoms with E-state index in [-0.39, 0.29) is 0 Å². The maximum Gasteiger partial charge on any atom is 0.243 e. The quantitative estimate of drug-likeness (QED) is 0.827. The maximum atomic E-state index is 12.8. The first-order valence-electron chi connectivity index (χ1n) is 9.09. The number of sulfonamides is 1. The molecule has 0 bridgehead atoms. The van der Waals surface area contributed by atoms with Crippen molar-refractivity contribution in [2.75, 3.05) is 39.3 Å². The van der Waals surface area contributed by atoms with Gasteiger partial charge in [0, 0.05) is 51.4 Å². The molecule has 132 valence electrons. The number of piperazine rings is 1. The highest BCUT2D eigenvalue weighted by atomic mass is 32.2. The Balaban J connectivity index is 1.38. The van der Waals surface area contributed by atoms with Gasteiger partial charge in [-0.25, -0.2) is 8.42 Å². The molecule has 1 atom stereocenters. The summed E-state index contributed by atoms with van der Waals surface area (Å²) >= 11 is 0. The second-order valence-corrected chi connectivity index (χ2v) is 9.36. The molecule has 2 aliphatic heterocycles. The van der Waals surface area contributed by atoms with E-state index >= 15 is 0 Å². The van der Waals surface area contributed by atoms with Gasteiger partial charge in [-0.1, -0.05) is 17.7 Å². The van der Waals surface area contributed by atoms with Gasteiger partial charge in [-0.2, -0.15) is 4.31 Å². The topological polar surface area (TPSA) is 43.9 Å². The molecule has 2 saturated heterocycles. The van der Waals surface area contributed by atoms with E-state index in [0.29, 0.717) is 24.0 Å². The monoisotopic (exact) mass is 349 g/mol. The molecule has 0 radical (unpaired) electrons. The molecule has 0 N–H and O–H groups in total. The van der Waals surface area contributed by atoms with Crippen LogP contribution in [0.1, 0.15) is 24.8 Å². The fourth-order valence-corrected chi connectivity index (χ4v) is 5.49. The highest BCUT2D eigenvalue weighted by Crippen LogP contribution is 2.29. The van der Waals surface area contributed by atoms with Crippen LogP contribution in [0, 0.1) is 6.92 Å². The van der Waals surface area contributed by atoms with Crippen molar-refractivity contribution in [3.63, 3.8) is 0 Å². The molecule has 6 heteroatoms. The van der Waals surface area contributed by atoms with E-state index < -0.39 is 10.0 Å². The summed E-state index contributed by atoms with van der Waals surface area (Å²) < 4.78 is 27.3. The molecule has 1 aromatic carbocycles. The molecule has 0 spiro atoms. The highest BCUT2D eigenvalue weighted by Gasteiger charge is 2.38. The minimum atomic E-state index is -3.35. The Morgan fingerprint density at radius 2 is 1.42 bits per heavy atom. The van der Waals surface area contributed by atoms with E-state index in [4.69, 9.17) is 0 Å². The second kappa shape index (κ2) is 6.41. The van der Waals surface area contributed by atoms with Gasteiger partial charge in [0.1, 0.15) is 0 Å². The molecule has 3 fully saturated rings. The van der Waals surface area contributed by atoms with Crippen LogP contribution in [0.4, 0.5) is 0 Å². The molecule has 5 nitrogen and oxygen atoms in total. The van der Waals surface area contributed by atoms with Gasteiger partial charge < -0.3 is 0 Å². The van der Waals surface area contributed by atoms with Gasteiger partial charge in [-0.3, -0.25) is 9.80 Å². The van der Waals surface area contributed by atoms with Crippen molar-refractivity contribution in [3.8, 4) is 0 Å². The van der Waals surface area contributed by atoms with Crippen LogP contribution in [0.5, 0.6) is 0 Å². The fraction of sp³-hybridized carbons (Fsp3) is 0.667. The zero-order valence-electron chi connectivity index (χ0n) is 14.4. The molecule has 0 aromatic heterocycles. The lowest BCUT2D eigenvalue weighted by Gasteiger charge is -2.38. The molecule has 1 saturated carbocycles. The maximum absolute atomic E-state index is 12.8. The Morgan fingerprint density at radius 3 is 2.00 bits per heavy atom. The molecule has 3 aliphatic rings. The first-order chi connectivity index (χ1) is 11.5.